The highest BCUT2D eigenvalue weighted by molar-refractivity contribution is 5.78. The van der Waals surface area contributed by atoms with E-state index >= 15 is 0 Å². The molecule has 1 aromatic heterocycles. The summed E-state index contributed by atoms with van der Waals surface area (Å²) in [6.07, 6.45) is 3.17. The fourth-order valence-corrected chi connectivity index (χ4v) is 2.35. The predicted molar refractivity (Wildman–Crippen MR) is 91.3 cm³/mol. The number of methoxy groups -OCH3 is 1. The molecule has 2 aromatic rings. The van der Waals surface area contributed by atoms with Crippen molar-refractivity contribution in [3.05, 3.63) is 59.3 Å². The van der Waals surface area contributed by atoms with E-state index in [4.69, 9.17) is 4.74 Å². The molecule has 0 aliphatic heterocycles. The van der Waals surface area contributed by atoms with Gasteiger partial charge in [0, 0.05) is 18.8 Å². The van der Waals surface area contributed by atoms with Gasteiger partial charge >= 0.3 is 0 Å². The molecule has 1 heterocycles. The number of hydrogen-bond donors (Lipinski definition) is 1. The average Bonchev–Trinajstić information content (AvgIpc) is 2.55. The van der Waals surface area contributed by atoms with Crippen LogP contribution in [0.2, 0.25) is 0 Å². The van der Waals surface area contributed by atoms with Gasteiger partial charge in [-0.25, -0.2) is 4.98 Å². The molecule has 0 atom stereocenters. The third-order valence-electron chi connectivity index (χ3n) is 3.53. The summed E-state index contributed by atoms with van der Waals surface area (Å²) in [5, 5.41) is 2.91. The molecule has 0 saturated carbocycles. The van der Waals surface area contributed by atoms with Crippen molar-refractivity contribution in [2.75, 3.05) is 7.11 Å². The Hall–Kier alpha value is -2.36. The lowest BCUT2D eigenvalue weighted by Gasteiger charge is -2.08. The number of carbonyl (C=O) groups is 1. The van der Waals surface area contributed by atoms with Crippen molar-refractivity contribution in [3.8, 4) is 5.88 Å². The number of rotatable bonds is 7. The van der Waals surface area contributed by atoms with Gasteiger partial charge in [-0.15, -0.1) is 0 Å². The molecule has 23 heavy (non-hydrogen) atoms. The standard InChI is InChI=1S/C19H24N2O2/c1-14(2)10-15-4-6-16(7-5-15)11-18(22)20-12-17-8-9-19(23-3)21-13-17/h4-9,13-14H,10-12H2,1-3H3,(H,20,22). The Morgan fingerprint density at radius 1 is 1.09 bits per heavy atom. The fraction of sp³-hybridized carbons (Fsp3) is 0.368. The molecule has 4 nitrogen and oxygen atoms in total. The Kier molecular flexibility index (Phi) is 6.15. The number of aromatic nitrogens is 1. The second-order valence-corrected chi connectivity index (χ2v) is 6.08. The van der Waals surface area contributed by atoms with Crippen molar-refractivity contribution < 1.29 is 9.53 Å². The van der Waals surface area contributed by atoms with Crippen LogP contribution in [0.4, 0.5) is 0 Å². The SMILES string of the molecule is COc1ccc(CNC(=O)Cc2ccc(CC(C)C)cc2)cn1. The molecular formula is C19H24N2O2. The van der Waals surface area contributed by atoms with Crippen LogP contribution >= 0.6 is 0 Å². The topological polar surface area (TPSA) is 51.2 Å². The molecule has 0 aliphatic rings. The Morgan fingerprint density at radius 3 is 2.30 bits per heavy atom. The summed E-state index contributed by atoms with van der Waals surface area (Å²) in [7, 11) is 1.58. The van der Waals surface area contributed by atoms with Crippen LogP contribution in [-0.4, -0.2) is 18.0 Å². The van der Waals surface area contributed by atoms with E-state index in [2.05, 4.69) is 36.3 Å². The van der Waals surface area contributed by atoms with Crippen molar-refractivity contribution >= 4 is 5.91 Å². The summed E-state index contributed by atoms with van der Waals surface area (Å²) < 4.78 is 5.01. The van der Waals surface area contributed by atoms with E-state index in [1.807, 2.05) is 18.2 Å². The third kappa shape index (κ3) is 5.74. The first-order valence-electron chi connectivity index (χ1n) is 7.90. The first-order valence-corrected chi connectivity index (χ1v) is 7.90. The van der Waals surface area contributed by atoms with Gasteiger partial charge in [0.05, 0.1) is 13.5 Å². The zero-order valence-electron chi connectivity index (χ0n) is 14.0. The number of ether oxygens (including phenoxy) is 1. The number of nitrogens with zero attached hydrogens (tertiary/aromatic N) is 1. The van der Waals surface area contributed by atoms with Crippen molar-refractivity contribution in [2.45, 2.75) is 33.2 Å². The molecule has 0 radical (unpaired) electrons. The summed E-state index contributed by atoms with van der Waals surface area (Å²) in [6.45, 7) is 4.88. The lowest BCUT2D eigenvalue weighted by Crippen LogP contribution is -2.24. The quantitative estimate of drug-likeness (QED) is 0.854. The smallest absolute Gasteiger partial charge is 0.224 e. The first-order chi connectivity index (χ1) is 11.1. The van der Waals surface area contributed by atoms with Gasteiger partial charge in [0.2, 0.25) is 11.8 Å². The highest BCUT2D eigenvalue weighted by atomic mass is 16.5. The van der Waals surface area contributed by atoms with Gasteiger partial charge < -0.3 is 10.1 Å². The highest BCUT2D eigenvalue weighted by Gasteiger charge is 2.05. The monoisotopic (exact) mass is 312 g/mol. The molecule has 1 amide bonds. The minimum Gasteiger partial charge on any atom is -0.481 e. The summed E-state index contributed by atoms with van der Waals surface area (Å²) in [5.41, 5.74) is 3.29. The minimum atomic E-state index is 0.0115. The van der Waals surface area contributed by atoms with Crippen molar-refractivity contribution in [1.82, 2.24) is 10.3 Å². The second-order valence-electron chi connectivity index (χ2n) is 6.08. The van der Waals surface area contributed by atoms with Crippen LogP contribution < -0.4 is 10.1 Å². The zero-order chi connectivity index (χ0) is 16.7. The Labute approximate surface area is 137 Å². The summed E-state index contributed by atoms with van der Waals surface area (Å²) in [4.78, 5) is 16.1. The zero-order valence-corrected chi connectivity index (χ0v) is 14.0. The van der Waals surface area contributed by atoms with Crippen LogP contribution in [0.3, 0.4) is 0 Å². The summed E-state index contributed by atoms with van der Waals surface area (Å²) in [5.74, 6) is 1.22. The molecule has 0 unspecified atom stereocenters. The molecule has 1 N–H and O–H groups in total. The van der Waals surface area contributed by atoms with Gasteiger partial charge in [0.15, 0.2) is 0 Å². The highest BCUT2D eigenvalue weighted by Crippen LogP contribution is 2.10. The molecule has 2 rings (SSSR count). The maximum Gasteiger partial charge on any atom is 0.224 e. The van der Waals surface area contributed by atoms with E-state index < -0.39 is 0 Å². The molecule has 1 aromatic carbocycles. The van der Waals surface area contributed by atoms with Crippen LogP contribution in [0.5, 0.6) is 5.88 Å². The van der Waals surface area contributed by atoms with Gasteiger partial charge in [-0.3, -0.25) is 4.79 Å². The van der Waals surface area contributed by atoms with Gasteiger partial charge in [0.25, 0.3) is 0 Å². The number of hydrogen-bond acceptors (Lipinski definition) is 3. The van der Waals surface area contributed by atoms with Crippen LogP contribution in [-0.2, 0) is 24.2 Å². The molecule has 4 heteroatoms. The van der Waals surface area contributed by atoms with Crippen molar-refractivity contribution in [3.63, 3.8) is 0 Å². The van der Waals surface area contributed by atoms with E-state index in [9.17, 15) is 4.79 Å². The number of pyridine rings is 1. The molecule has 0 fully saturated rings. The predicted octanol–water partition coefficient (Wildman–Crippen LogP) is 3.15. The number of benzene rings is 1. The van der Waals surface area contributed by atoms with Crippen LogP contribution in [0, 0.1) is 5.92 Å². The van der Waals surface area contributed by atoms with Crippen molar-refractivity contribution in [2.24, 2.45) is 5.92 Å². The van der Waals surface area contributed by atoms with E-state index in [0.29, 0.717) is 24.8 Å². The first kappa shape index (κ1) is 17.0. The van der Waals surface area contributed by atoms with E-state index in [1.54, 1.807) is 19.4 Å². The molecule has 0 saturated heterocycles. The Morgan fingerprint density at radius 2 is 1.74 bits per heavy atom. The normalized spacial score (nSPS) is 10.6. The maximum atomic E-state index is 12.0. The third-order valence-corrected chi connectivity index (χ3v) is 3.53. The number of carbonyl (C=O) groups excluding carboxylic acids is 1. The molecule has 0 bridgehead atoms. The van der Waals surface area contributed by atoms with Gasteiger partial charge in [0.1, 0.15) is 0 Å². The second kappa shape index (κ2) is 8.32. The van der Waals surface area contributed by atoms with Crippen LogP contribution in [0.15, 0.2) is 42.6 Å². The molecular weight excluding hydrogens is 288 g/mol. The van der Waals surface area contributed by atoms with Crippen LogP contribution in [0.25, 0.3) is 0 Å². The number of nitrogens with one attached hydrogen (secondary N) is 1. The number of amides is 1. The Balaban J connectivity index is 1.81. The van der Waals surface area contributed by atoms with E-state index in [1.165, 1.54) is 5.56 Å². The Bertz CT molecular complexity index is 619. The molecule has 0 spiro atoms. The van der Waals surface area contributed by atoms with Crippen molar-refractivity contribution in [1.29, 1.82) is 0 Å². The summed E-state index contributed by atoms with van der Waals surface area (Å²) in [6, 6.07) is 12.0. The lowest BCUT2D eigenvalue weighted by molar-refractivity contribution is -0.120. The van der Waals surface area contributed by atoms with Crippen LogP contribution in [0.1, 0.15) is 30.5 Å². The fourth-order valence-electron chi connectivity index (χ4n) is 2.35. The maximum absolute atomic E-state index is 12.0. The largest absolute Gasteiger partial charge is 0.481 e. The molecule has 0 aliphatic carbocycles. The summed E-state index contributed by atoms with van der Waals surface area (Å²) >= 11 is 0. The van der Waals surface area contributed by atoms with E-state index in [-0.39, 0.29) is 5.91 Å². The van der Waals surface area contributed by atoms with Gasteiger partial charge in [-0.05, 0) is 29.0 Å². The van der Waals surface area contributed by atoms with E-state index in [0.717, 1.165) is 17.5 Å². The molecule has 122 valence electrons. The lowest BCUT2D eigenvalue weighted by atomic mass is 10.0. The average molecular weight is 312 g/mol. The van der Waals surface area contributed by atoms with Gasteiger partial charge in [-0.1, -0.05) is 44.2 Å². The minimum absolute atomic E-state index is 0.0115. The van der Waals surface area contributed by atoms with Gasteiger partial charge in [-0.2, -0.15) is 0 Å².